The highest BCUT2D eigenvalue weighted by Crippen LogP contribution is 2.39. The molecular formula is C28H28N2O4. The third kappa shape index (κ3) is 4.07. The lowest BCUT2D eigenvalue weighted by Gasteiger charge is -2.41. The molecule has 0 saturated carbocycles. The zero-order chi connectivity index (χ0) is 24.6. The van der Waals surface area contributed by atoms with Gasteiger partial charge in [0.25, 0.3) is 5.91 Å². The van der Waals surface area contributed by atoms with Crippen molar-refractivity contribution in [2.45, 2.75) is 40.2 Å². The Morgan fingerprint density at radius 1 is 0.882 bits per heavy atom. The summed E-state index contributed by atoms with van der Waals surface area (Å²) in [4.78, 5) is 42.3. The van der Waals surface area contributed by atoms with Crippen LogP contribution in [0.5, 0.6) is 0 Å². The van der Waals surface area contributed by atoms with Crippen LogP contribution in [-0.2, 0) is 0 Å². The van der Waals surface area contributed by atoms with Crippen LogP contribution in [0, 0.1) is 20.8 Å². The zero-order valence-corrected chi connectivity index (χ0v) is 19.8. The third-order valence-electron chi connectivity index (χ3n) is 6.54. The van der Waals surface area contributed by atoms with E-state index < -0.39 is 12.1 Å². The summed E-state index contributed by atoms with van der Waals surface area (Å²) in [7, 11) is 0. The van der Waals surface area contributed by atoms with Gasteiger partial charge in [-0.15, -0.1) is 0 Å². The minimum Gasteiger partial charge on any atom is -0.465 e. The summed E-state index contributed by atoms with van der Waals surface area (Å²) in [5.41, 5.74) is 5.13. The van der Waals surface area contributed by atoms with Gasteiger partial charge in [0.2, 0.25) is 0 Å². The number of rotatable bonds is 4. The first kappa shape index (κ1) is 23.2. The molecule has 0 bridgehead atoms. The van der Waals surface area contributed by atoms with Crippen molar-refractivity contribution in [2.75, 3.05) is 16.3 Å². The lowest BCUT2D eigenvalue weighted by molar-refractivity contribution is 0.0967. The van der Waals surface area contributed by atoms with Gasteiger partial charge >= 0.3 is 6.09 Å². The molecule has 1 N–H and O–H groups in total. The van der Waals surface area contributed by atoms with Crippen molar-refractivity contribution < 1.29 is 19.5 Å². The number of hydrogen-bond acceptors (Lipinski definition) is 3. The summed E-state index contributed by atoms with van der Waals surface area (Å²) in [5.74, 6) is -0.537. The minimum atomic E-state index is -1.04. The summed E-state index contributed by atoms with van der Waals surface area (Å²) in [6, 6.07) is 17.4. The van der Waals surface area contributed by atoms with E-state index >= 15 is 0 Å². The van der Waals surface area contributed by atoms with Crippen LogP contribution in [0.4, 0.5) is 16.2 Å². The number of carbonyl (C=O) groups excluding carboxylic acids is 2. The zero-order valence-electron chi connectivity index (χ0n) is 19.8. The fourth-order valence-corrected chi connectivity index (χ4v) is 4.42. The van der Waals surface area contributed by atoms with Gasteiger partial charge in [0.1, 0.15) is 0 Å². The normalized spacial score (nSPS) is 15.1. The molecule has 174 valence electrons. The molecule has 0 spiro atoms. The van der Waals surface area contributed by atoms with E-state index in [1.807, 2.05) is 52.0 Å². The maximum Gasteiger partial charge on any atom is 0.412 e. The summed E-state index contributed by atoms with van der Waals surface area (Å²) in [6.07, 6.45) is -0.495. The van der Waals surface area contributed by atoms with Crippen molar-refractivity contribution in [3.8, 4) is 0 Å². The highest BCUT2D eigenvalue weighted by Gasteiger charge is 2.37. The Hall–Kier alpha value is -3.93. The van der Waals surface area contributed by atoms with Crippen LogP contribution < -0.4 is 9.80 Å². The Labute approximate surface area is 199 Å². The molecule has 1 unspecified atom stereocenters. The molecule has 2 amide bonds. The number of fused-ring (bicyclic) bond motifs is 1. The van der Waals surface area contributed by atoms with Crippen molar-refractivity contribution in [1.82, 2.24) is 0 Å². The van der Waals surface area contributed by atoms with E-state index in [0.717, 1.165) is 16.7 Å². The Morgan fingerprint density at radius 3 is 2.06 bits per heavy atom. The lowest BCUT2D eigenvalue weighted by atomic mass is 9.95. The number of benzene rings is 3. The van der Waals surface area contributed by atoms with E-state index in [1.165, 1.54) is 4.90 Å². The van der Waals surface area contributed by atoms with E-state index in [2.05, 4.69) is 0 Å². The first-order valence-electron chi connectivity index (χ1n) is 11.4. The average Bonchev–Trinajstić information content (AvgIpc) is 2.83. The van der Waals surface area contributed by atoms with E-state index in [9.17, 15) is 19.5 Å². The highest BCUT2D eigenvalue weighted by molar-refractivity contribution is 6.19. The number of anilines is 2. The topological polar surface area (TPSA) is 77.9 Å². The fourth-order valence-electron chi connectivity index (χ4n) is 4.42. The van der Waals surface area contributed by atoms with E-state index in [1.54, 1.807) is 41.3 Å². The van der Waals surface area contributed by atoms with Gasteiger partial charge in [-0.25, -0.2) is 4.79 Å². The number of ketones is 1. The molecule has 1 atom stereocenters. The van der Waals surface area contributed by atoms with Gasteiger partial charge in [-0.1, -0.05) is 55.0 Å². The largest absolute Gasteiger partial charge is 0.465 e. The molecule has 3 aromatic rings. The van der Waals surface area contributed by atoms with Crippen molar-refractivity contribution in [2.24, 2.45) is 0 Å². The monoisotopic (exact) mass is 456 g/mol. The first-order chi connectivity index (χ1) is 16.2. The summed E-state index contributed by atoms with van der Waals surface area (Å²) in [5, 5.41) is 9.93. The molecule has 6 nitrogen and oxygen atoms in total. The maximum absolute atomic E-state index is 13.9. The molecule has 0 saturated heterocycles. The second-order valence-corrected chi connectivity index (χ2v) is 8.80. The van der Waals surface area contributed by atoms with Crippen molar-refractivity contribution in [3.63, 3.8) is 0 Å². The van der Waals surface area contributed by atoms with Crippen molar-refractivity contribution in [1.29, 1.82) is 0 Å². The van der Waals surface area contributed by atoms with Gasteiger partial charge in [0, 0.05) is 17.7 Å². The van der Waals surface area contributed by atoms with Gasteiger partial charge < -0.3 is 10.0 Å². The summed E-state index contributed by atoms with van der Waals surface area (Å²) < 4.78 is 0. The molecule has 0 radical (unpaired) electrons. The molecule has 0 aromatic heterocycles. The van der Waals surface area contributed by atoms with Crippen LogP contribution in [0.1, 0.15) is 56.3 Å². The smallest absolute Gasteiger partial charge is 0.412 e. The molecule has 1 aliphatic rings. The van der Waals surface area contributed by atoms with E-state index in [-0.39, 0.29) is 18.2 Å². The standard InChI is InChI=1S/C28H28N2O4/c1-5-21-16-29(24-14-18(3)19(4)15-25(24)30(21)28(33)34)27(32)23-9-7-6-8-22(23)26(31)20-12-10-17(2)11-13-20/h6-15,21H,5,16H2,1-4H3,(H,33,34). The molecule has 1 aliphatic heterocycles. The van der Waals surface area contributed by atoms with Crippen LogP contribution in [0.3, 0.4) is 0 Å². The van der Waals surface area contributed by atoms with E-state index in [4.69, 9.17) is 0 Å². The highest BCUT2D eigenvalue weighted by atomic mass is 16.4. The quantitative estimate of drug-likeness (QED) is 0.506. The Bertz CT molecular complexity index is 1280. The SMILES string of the molecule is CCC1CN(C(=O)c2ccccc2C(=O)c2ccc(C)cc2)c2cc(C)c(C)cc2N1C(=O)O. The molecule has 3 aromatic carbocycles. The van der Waals surface area contributed by atoms with Gasteiger partial charge in [-0.2, -0.15) is 0 Å². The second kappa shape index (κ2) is 9.14. The summed E-state index contributed by atoms with van der Waals surface area (Å²) in [6.45, 7) is 7.93. The fraction of sp³-hybridized carbons (Fsp3) is 0.250. The molecule has 4 rings (SSSR count). The number of amides is 2. The molecule has 1 heterocycles. The van der Waals surface area contributed by atoms with Crippen LogP contribution >= 0.6 is 0 Å². The van der Waals surface area contributed by atoms with Crippen LogP contribution in [-0.4, -0.2) is 35.5 Å². The minimum absolute atomic E-state index is 0.212. The maximum atomic E-state index is 13.9. The van der Waals surface area contributed by atoms with Crippen molar-refractivity contribution >= 4 is 29.2 Å². The number of carboxylic acid groups (broad SMARTS) is 1. The first-order valence-corrected chi connectivity index (χ1v) is 11.4. The number of aryl methyl sites for hydroxylation is 3. The predicted molar refractivity (Wildman–Crippen MR) is 133 cm³/mol. The van der Waals surface area contributed by atoms with Gasteiger partial charge in [0.15, 0.2) is 5.78 Å². The number of carbonyl (C=O) groups is 3. The van der Waals surface area contributed by atoms with Crippen LogP contribution in [0.15, 0.2) is 60.7 Å². The molecule has 6 heteroatoms. The Morgan fingerprint density at radius 2 is 1.47 bits per heavy atom. The van der Waals surface area contributed by atoms with Crippen LogP contribution in [0.2, 0.25) is 0 Å². The molecule has 0 fully saturated rings. The number of hydrogen-bond donors (Lipinski definition) is 1. The van der Waals surface area contributed by atoms with Crippen LogP contribution in [0.25, 0.3) is 0 Å². The Kier molecular flexibility index (Phi) is 6.24. The predicted octanol–water partition coefficient (Wildman–Crippen LogP) is 5.77. The lowest BCUT2D eigenvalue weighted by Crippen LogP contribution is -2.53. The third-order valence-corrected chi connectivity index (χ3v) is 6.54. The van der Waals surface area contributed by atoms with Gasteiger partial charge in [0.05, 0.1) is 23.0 Å². The molecular weight excluding hydrogens is 428 g/mol. The summed E-state index contributed by atoms with van der Waals surface area (Å²) >= 11 is 0. The Balaban J connectivity index is 1.82. The molecule has 0 aliphatic carbocycles. The second-order valence-electron chi connectivity index (χ2n) is 8.80. The van der Waals surface area contributed by atoms with Crippen molar-refractivity contribution in [3.05, 3.63) is 94.0 Å². The van der Waals surface area contributed by atoms with E-state index in [0.29, 0.717) is 34.5 Å². The molecule has 34 heavy (non-hydrogen) atoms. The van der Waals surface area contributed by atoms with Gasteiger partial charge in [-0.3, -0.25) is 14.5 Å². The van der Waals surface area contributed by atoms with Gasteiger partial charge in [-0.05, 0) is 56.5 Å². The average molecular weight is 457 g/mol. The number of nitrogens with zero attached hydrogens (tertiary/aromatic N) is 2.